The van der Waals surface area contributed by atoms with Gasteiger partial charge >= 0.3 is 0 Å². The second kappa shape index (κ2) is 10.8. The lowest BCUT2D eigenvalue weighted by Gasteiger charge is -2.09. The summed E-state index contributed by atoms with van der Waals surface area (Å²) in [5.41, 5.74) is 4.53. The summed E-state index contributed by atoms with van der Waals surface area (Å²) in [5.74, 6) is 2.92. The maximum absolute atomic E-state index is 6.16. The van der Waals surface area contributed by atoms with E-state index in [1.165, 1.54) is 0 Å². The SMILES string of the molecule is C=C/C=C(\OCc1nc(-c2ccc(OC)cc2)c(-c2ccc(OC)cc2)[nH]1)c1cccc(Cl)c1. The lowest BCUT2D eigenvalue weighted by Crippen LogP contribution is -1.96. The normalized spacial score (nSPS) is 11.2. The average Bonchev–Trinajstić information content (AvgIpc) is 3.31. The van der Waals surface area contributed by atoms with Crippen molar-refractivity contribution >= 4 is 17.4 Å². The number of hydrogen-bond acceptors (Lipinski definition) is 4. The molecule has 0 aliphatic heterocycles. The zero-order valence-electron chi connectivity index (χ0n) is 19.0. The van der Waals surface area contributed by atoms with Gasteiger partial charge < -0.3 is 19.2 Å². The Kier molecular flexibility index (Phi) is 7.35. The van der Waals surface area contributed by atoms with Crippen molar-refractivity contribution in [2.24, 2.45) is 0 Å². The molecule has 1 heterocycles. The molecule has 1 N–H and O–H groups in total. The third-order valence-corrected chi connectivity index (χ3v) is 5.47. The molecule has 5 nitrogen and oxygen atoms in total. The second-order valence-corrected chi connectivity index (χ2v) is 7.87. The predicted molar refractivity (Wildman–Crippen MR) is 137 cm³/mol. The maximum atomic E-state index is 6.16. The minimum atomic E-state index is 0.242. The van der Waals surface area contributed by atoms with Gasteiger partial charge in [-0.3, -0.25) is 0 Å². The zero-order valence-corrected chi connectivity index (χ0v) is 19.8. The number of aromatic nitrogens is 2. The van der Waals surface area contributed by atoms with Crippen molar-refractivity contribution in [3.8, 4) is 34.0 Å². The number of H-pyrrole nitrogens is 1. The van der Waals surface area contributed by atoms with Crippen LogP contribution in [0.4, 0.5) is 0 Å². The van der Waals surface area contributed by atoms with Crippen LogP contribution in [0.25, 0.3) is 28.3 Å². The average molecular weight is 473 g/mol. The van der Waals surface area contributed by atoms with Crippen LogP contribution in [0.5, 0.6) is 11.5 Å². The Morgan fingerprint density at radius 2 is 1.59 bits per heavy atom. The van der Waals surface area contributed by atoms with Crippen LogP contribution < -0.4 is 9.47 Å². The molecular formula is C28H25ClN2O3. The van der Waals surface area contributed by atoms with Crippen molar-refractivity contribution in [1.82, 2.24) is 9.97 Å². The number of hydrogen-bond donors (Lipinski definition) is 1. The van der Waals surface area contributed by atoms with Crippen LogP contribution >= 0.6 is 11.6 Å². The maximum Gasteiger partial charge on any atom is 0.146 e. The fourth-order valence-corrected chi connectivity index (χ4v) is 3.73. The number of nitrogens with one attached hydrogen (secondary N) is 1. The molecule has 0 aliphatic carbocycles. The van der Waals surface area contributed by atoms with E-state index in [4.69, 9.17) is 30.8 Å². The van der Waals surface area contributed by atoms with Gasteiger partial charge in [-0.2, -0.15) is 0 Å². The van der Waals surface area contributed by atoms with Crippen molar-refractivity contribution in [3.05, 3.63) is 108 Å². The Morgan fingerprint density at radius 3 is 2.18 bits per heavy atom. The minimum absolute atomic E-state index is 0.242. The fourth-order valence-electron chi connectivity index (χ4n) is 3.54. The van der Waals surface area contributed by atoms with Gasteiger partial charge in [0.05, 0.1) is 25.6 Å². The molecule has 0 bridgehead atoms. The van der Waals surface area contributed by atoms with Gasteiger partial charge in [0.2, 0.25) is 0 Å². The van der Waals surface area contributed by atoms with Crippen molar-refractivity contribution < 1.29 is 14.2 Å². The highest BCUT2D eigenvalue weighted by Gasteiger charge is 2.16. The van der Waals surface area contributed by atoms with E-state index in [9.17, 15) is 0 Å². The largest absolute Gasteiger partial charge is 0.497 e. The monoisotopic (exact) mass is 472 g/mol. The van der Waals surface area contributed by atoms with Gasteiger partial charge in [-0.05, 0) is 66.7 Å². The molecule has 1 aromatic heterocycles. The number of benzene rings is 3. The molecule has 0 amide bonds. The fraction of sp³-hybridized carbons (Fsp3) is 0.107. The van der Waals surface area contributed by atoms with Gasteiger partial charge in [-0.15, -0.1) is 0 Å². The van der Waals surface area contributed by atoms with Gasteiger partial charge in [0.15, 0.2) is 0 Å². The summed E-state index contributed by atoms with van der Waals surface area (Å²) in [4.78, 5) is 8.30. The minimum Gasteiger partial charge on any atom is -0.497 e. The molecule has 0 spiro atoms. The van der Waals surface area contributed by atoms with E-state index in [-0.39, 0.29) is 6.61 Å². The van der Waals surface area contributed by atoms with Crippen LogP contribution in [0.1, 0.15) is 11.4 Å². The standard InChI is InChI=1S/C28H25ClN2O3/c1-4-6-25(21-7-5-8-22(29)17-21)34-18-26-30-27(19-9-13-23(32-2)14-10-19)28(31-26)20-11-15-24(33-3)16-12-20/h4-17H,1,18H2,2-3H3,(H,30,31)/b25-6-. The summed E-state index contributed by atoms with van der Waals surface area (Å²) < 4.78 is 16.7. The quantitative estimate of drug-likeness (QED) is 0.207. The summed E-state index contributed by atoms with van der Waals surface area (Å²) in [6.07, 6.45) is 3.49. The van der Waals surface area contributed by atoms with Crippen LogP contribution in [0.3, 0.4) is 0 Å². The van der Waals surface area contributed by atoms with E-state index in [1.54, 1.807) is 20.3 Å². The van der Waals surface area contributed by atoms with Crippen LogP contribution in [-0.2, 0) is 11.3 Å². The molecule has 0 radical (unpaired) electrons. The van der Waals surface area contributed by atoms with Gasteiger partial charge in [0, 0.05) is 21.7 Å². The molecule has 4 rings (SSSR count). The summed E-state index contributed by atoms with van der Waals surface area (Å²) in [6, 6.07) is 23.2. The highest BCUT2D eigenvalue weighted by atomic mass is 35.5. The highest BCUT2D eigenvalue weighted by molar-refractivity contribution is 6.30. The summed E-state index contributed by atoms with van der Waals surface area (Å²) in [5, 5.41) is 0.637. The van der Waals surface area contributed by atoms with Crippen LogP contribution in [0.2, 0.25) is 5.02 Å². The Bertz CT molecular complexity index is 1230. The van der Waals surface area contributed by atoms with Crippen LogP contribution in [0.15, 0.2) is 91.5 Å². The molecule has 3 aromatic carbocycles. The van der Waals surface area contributed by atoms with E-state index in [0.29, 0.717) is 16.6 Å². The number of halogens is 1. The number of imidazole rings is 1. The van der Waals surface area contributed by atoms with E-state index < -0.39 is 0 Å². The highest BCUT2D eigenvalue weighted by Crippen LogP contribution is 2.32. The number of methoxy groups -OCH3 is 2. The van der Waals surface area contributed by atoms with E-state index in [1.807, 2.05) is 78.9 Å². The van der Waals surface area contributed by atoms with E-state index >= 15 is 0 Å². The van der Waals surface area contributed by atoms with Crippen LogP contribution in [0, 0.1) is 0 Å². The van der Waals surface area contributed by atoms with Crippen LogP contribution in [-0.4, -0.2) is 24.2 Å². The third kappa shape index (κ3) is 5.33. The van der Waals surface area contributed by atoms with E-state index in [2.05, 4.69) is 11.6 Å². The summed E-state index contributed by atoms with van der Waals surface area (Å²) in [7, 11) is 3.30. The molecular weight excluding hydrogens is 448 g/mol. The van der Waals surface area contributed by atoms with Crippen molar-refractivity contribution in [1.29, 1.82) is 0 Å². The number of allylic oxidation sites excluding steroid dienone is 2. The smallest absolute Gasteiger partial charge is 0.146 e. The summed E-state index contributed by atoms with van der Waals surface area (Å²) in [6.45, 7) is 4.04. The topological polar surface area (TPSA) is 56.4 Å². The van der Waals surface area contributed by atoms with E-state index in [0.717, 1.165) is 39.6 Å². The molecule has 0 saturated carbocycles. The predicted octanol–water partition coefficient (Wildman–Crippen LogP) is 7.16. The molecule has 6 heteroatoms. The molecule has 34 heavy (non-hydrogen) atoms. The zero-order chi connectivity index (χ0) is 23.9. The first-order valence-corrected chi connectivity index (χ1v) is 11.1. The first-order chi connectivity index (χ1) is 16.6. The van der Waals surface area contributed by atoms with Gasteiger partial charge in [-0.25, -0.2) is 4.98 Å². The van der Waals surface area contributed by atoms with Gasteiger partial charge in [0.1, 0.15) is 29.7 Å². The molecule has 0 atom stereocenters. The van der Waals surface area contributed by atoms with Gasteiger partial charge in [-0.1, -0.05) is 36.4 Å². The van der Waals surface area contributed by atoms with Crippen molar-refractivity contribution in [2.45, 2.75) is 6.61 Å². The first-order valence-electron chi connectivity index (χ1n) is 10.7. The number of rotatable bonds is 9. The number of aromatic amines is 1. The molecule has 0 saturated heterocycles. The first kappa shape index (κ1) is 23.2. The Labute approximate surface area is 204 Å². The number of nitrogens with zero attached hydrogens (tertiary/aromatic N) is 1. The second-order valence-electron chi connectivity index (χ2n) is 7.43. The van der Waals surface area contributed by atoms with Gasteiger partial charge in [0.25, 0.3) is 0 Å². The lowest BCUT2D eigenvalue weighted by atomic mass is 10.0. The number of ether oxygens (including phenoxy) is 3. The molecule has 0 fully saturated rings. The molecule has 0 aliphatic rings. The molecule has 172 valence electrons. The Balaban J connectivity index is 1.67. The Morgan fingerprint density at radius 1 is 0.941 bits per heavy atom. The Hall–Kier alpha value is -3.96. The van der Waals surface area contributed by atoms with Crippen molar-refractivity contribution in [2.75, 3.05) is 14.2 Å². The van der Waals surface area contributed by atoms with Crippen molar-refractivity contribution in [3.63, 3.8) is 0 Å². The molecule has 0 unspecified atom stereocenters. The summed E-state index contributed by atoms with van der Waals surface area (Å²) >= 11 is 6.16. The lowest BCUT2D eigenvalue weighted by molar-refractivity contribution is 0.256. The molecule has 4 aromatic rings. The third-order valence-electron chi connectivity index (χ3n) is 5.24.